The Kier molecular flexibility index (Phi) is 6.22. The Morgan fingerprint density at radius 3 is 1.90 bits per heavy atom. The third-order valence-corrected chi connectivity index (χ3v) is 10.4. The number of hydrogen-bond acceptors (Lipinski definition) is 3. The second kappa shape index (κ2) is 11.2. The molecule has 0 fully saturated rings. The van der Waals surface area contributed by atoms with E-state index in [2.05, 4.69) is 144 Å². The van der Waals surface area contributed by atoms with Crippen molar-refractivity contribution in [2.75, 3.05) is 0 Å². The van der Waals surface area contributed by atoms with Gasteiger partial charge in [-0.25, -0.2) is 9.97 Å². The predicted octanol–water partition coefficient (Wildman–Crippen LogP) is 12.8. The lowest BCUT2D eigenvalue weighted by atomic mass is 10.0. The molecule has 4 nitrogen and oxygen atoms in total. The van der Waals surface area contributed by atoms with Crippen molar-refractivity contribution in [2.45, 2.75) is 0 Å². The molecule has 8 aromatic carbocycles. The normalized spacial score (nSPS) is 11.8. The standard InChI is InChI=1S/C48H29N3O/c1-3-13-31(14-4-1)42-29-43(50-48(49-42)32-15-5-2-6-16-32)41-20-11-19-39-40-27-26-38-37-18-9-10-21-44(37)51(45(38)47(40)52-46(39)41)34-24-25-36-33(28-34)23-22-30-12-7-8-17-35(30)36/h1-29H. The molecule has 0 aliphatic heterocycles. The molecule has 0 aliphatic rings. The summed E-state index contributed by atoms with van der Waals surface area (Å²) in [6.45, 7) is 0. The Labute approximate surface area is 298 Å². The number of fused-ring (bicyclic) bond motifs is 10. The van der Waals surface area contributed by atoms with Gasteiger partial charge in [0.15, 0.2) is 11.4 Å². The lowest BCUT2D eigenvalue weighted by Crippen LogP contribution is -1.96. The third kappa shape index (κ3) is 4.34. The van der Waals surface area contributed by atoms with Crippen molar-refractivity contribution >= 4 is 65.3 Å². The number of furan rings is 1. The van der Waals surface area contributed by atoms with Crippen molar-refractivity contribution in [3.05, 3.63) is 176 Å². The van der Waals surface area contributed by atoms with E-state index in [9.17, 15) is 0 Å². The van der Waals surface area contributed by atoms with Gasteiger partial charge in [-0.1, -0.05) is 140 Å². The average Bonchev–Trinajstić information content (AvgIpc) is 3.77. The number of nitrogens with zero attached hydrogens (tertiary/aromatic N) is 3. The van der Waals surface area contributed by atoms with E-state index in [-0.39, 0.29) is 0 Å². The summed E-state index contributed by atoms with van der Waals surface area (Å²) in [6, 6.07) is 61.8. The summed E-state index contributed by atoms with van der Waals surface area (Å²) < 4.78 is 9.47. The van der Waals surface area contributed by atoms with Gasteiger partial charge in [-0.3, -0.25) is 0 Å². The Morgan fingerprint density at radius 1 is 0.404 bits per heavy atom. The summed E-state index contributed by atoms with van der Waals surface area (Å²) >= 11 is 0. The Morgan fingerprint density at radius 2 is 1.04 bits per heavy atom. The Hall–Kier alpha value is -7.04. The largest absolute Gasteiger partial charge is 0.453 e. The number of aromatic nitrogens is 3. The van der Waals surface area contributed by atoms with Gasteiger partial charge in [-0.15, -0.1) is 0 Å². The topological polar surface area (TPSA) is 43.9 Å². The van der Waals surface area contributed by atoms with Crippen LogP contribution in [0.25, 0.3) is 105 Å². The molecule has 0 saturated carbocycles. The summed E-state index contributed by atoms with van der Waals surface area (Å²) in [7, 11) is 0. The van der Waals surface area contributed by atoms with Crippen LogP contribution in [-0.4, -0.2) is 14.5 Å². The fraction of sp³-hybridized carbons (Fsp3) is 0. The first-order chi connectivity index (χ1) is 25.8. The molecule has 52 heavy (non-hydrogen) atoms. The van der Waals surface area contributed by atoms with Crippen molar-refractivity contribution in [1.82, 2.24) is 14.5 Å². The van der Waals surface area contributed by atoms with E-state index in [1.54, 1.807) is 0 Å². The number of para-hydroxylation sites is 2. The molecular weight excluding hydrogens is 635 g/mol. The molecule has 11 aromatic rings. The smallest absolute Gasteiger partial charge is 0.160 e. The average molecular weight is 664 g/mol. The highest BCUT2D eigenvalue weighted by Gasteiger charge is 2.22. The minimum Gasteiger partial charge on any atom is -0.453 e. The van der Waals surface area contributed by atoms with Gasteiger partial charge in [0.1, 0.15) is 5.58 Å². The fourth-order valence-corrected chi connectivity index (χ4v) is 7.97. The molecule has 242 valence electrons. The molecule has 0 saturated heterocycles. The Balaban J connectivity index is 1.18. The van der Waals surface area contributed by atoms with Gasteiger partial charge in [0.2, 0.25) is 0 Å². The first kappa shape index (κ1) is 28.8. The van der Waals surface area contributed by atoms with E-state index in [0.29, 0.717) is 5.82 Å². The molecule has 0 atom stereocenters. The van der Waals surface area contributed by atoms with Gasteiger partial charge in [-0.05, 0) is 57.9 Å². The van der Waals surface area contributed by atoms with Crippen molar-refractivity contribution < 1.29 is 4.42 Å². The van der Waals surface area contributed by atoms with Crippen LogP contribution in [0.2, 0.25) is 0 Å². The number of rotatable bonds is 4. The first-order valence-corrected chi connectivity index (χ1v) is 17.6. The highest BCUT2D eigenvalue weighted by molar-refractivity contribution is 6.22. The van der Waals surface area contributed by atoms with Crippen LogP contribution in [0.1, 0.15) is 0 Å². The van der Waals surface area contributed by atoms with Gasteiger partial charge in [-0.2, -0.15) is 0 Å². The zero-order valence-corrected chi connectivity index (χ0v) is 28.0. The maximum atomic E-state index is 7.10. The van der Waals surface area contributed by atoms with Gasteiger partial charge in [0, 0.05) is 43.9 Å². The first-order valence-electron chi connectivity index (χ1n) is 17.6. The van der Waals surface area contributed by atoms with Crippen LogP contribution >= 0.6 is 0 Å². The maximum Gasteiger partial charge on any atom is 0.160 e. The molecule has 0 spiro atoms. The molecule has 0 radical (unpaired) electrons. The molecule has 11 rings (SSSR count). The summed E-state index contributed by atoms with van der Waals surface area (Å²) in [4.78, 5) is 10.2. The molecule has 4 heteroatoms. The zero-order valence-electron chi connectivity index (χ0n) is 28.0. The second-order valence-corrected chi connectivity index (χ2v) is 13.4. The summed E-state index contributed by atoms with van der Waals surface area (Å²) in [5.41, 5.74) is 9.57. The fourth-order valence-electron chi connectivity index (χ4n) is 7.97. The lowest BCUT2D eigenvalue weighted by molar-refractivity contribution is 0.672. The minimum absolute atomic E-state index is 0.677. The van der Waals surface area contributed by atoms with Crippen molar-refractivity contribution in [3.63, 3.8) is 0 Å². The van der Waals surface area contributed by atoms with Crippen LogP contribution in [0.5, 0.6) is 0 Å². The van der Waals surface area contributed by atoms with E-state index in [1.807, 2.05) is 36.4 Å². The van der Waals surface area contributed by atoms with Crippen LogP contribution < -0.4 is 0 Å². The third-order valence-electron chi connectivity index (χ3n) is 10.4. The van der Waals surface area contributed by atoms with Crippen LogP contribution in [0, 0.1) is 0 Å². The molecule has 3 aromatic heterocycles. The van der Waals surface area contributed by atoms with E-state index < -0.39 is 0 Å². The molecule has 3 heterocycles. The van der Waals surface area contributed by atoms with Gasteiger partial charge < -0.3 is 8.98 Å². The highest BCUT2D eigenvalue weighted by Crippen LogP contribution is 2.43. The molecule has 0 N–H and O–H groups in total. The van der Waals surface area contributed by atoms with Crippen molar-refractivity contribution in [2.24, 2.45) is 0 Å². The van der Waals surface area contributed by atoms with E-state index in [0.717, 1.165) is 72.1 Å². The van der Waals surface area contributed by atoms with E-state index in [4.69, 9.17) is 14.4 Å². The highest BCUT2D eigenvalue weighted by atomic mass is 16.3. The predicted molar refractivity (Wildman–Crippen MR) is 215 cm³/mol. The number of hydrogen-bond donors (Lipinski definition) is 0. The van der Waals surface area contributed by atoms with Crippen LogP contribution in [0.15, 0.2) is 180 Å². The Bertz CT molecular complexity index is 3120. The van der Waals surface area contributed by atoms with Gasteiger partial charge in [0.05, 0.1) is 22.4 Å². The monoisotopic (exact) mass is 663 g/mol. The van der Waals surface area contributed by atoms with Crippen LogP contribution in [-0.2, 0) is 0 Å². The van der Waals surface area contributed by atoms with Gasteiger partial charge in [0.25, 0.3) is 0 Å². The van der Waals surface area contributed by atoms with Crippen LogP contribution in [0.3, 0.4) is 0 Å². The van der Waals surface area contributed by atoms with E-state index >= 15 is 0 Å². The quantitative estimate of drug-likeness (QED) is 0.176. The maximum absolute atomic E-state index is 7.10. The summed E-state index contributed by atoms with van der Waals surface area (Å²) in [5.74, 6) is 0.677. The minimum atomic E-state index is 0.677. The molecule has 0 unspecified atom stereocenters. The molecule has 0 aliphatic carbocycles. The van der Waals surface area contributed by atoms with E-state index in [1.165, 1.54) is 26.9 Å². The summed E-state index contributed by atoms with van der Waals surface area (Å²) in [6.07, 6.45) is 0. The lowest BCUT2D eigenvalue weighted by Gasteiger charge is -2.11. The SMILES string of the molecule is c1ccc(-c2cc(-c3cccc4c3oc3c4ccc4c5ccccc5n(-c5ccc6c(ccc7ccccc76)c5)c43)nc(-c3ccccc3)n2)cc1. The molecular formula is C48H29N3O. The van der Waals surface area contributed by atoms with Crippen molar-refractivity contribution in [3.8, 4) is 39.6 Å². The second-order valence-electron chi connectivity index (χ2n) is 13.4. The molecule has 0 bridgehead atoms. The van der Waals surface area contributed by atoms with Crippen molar-refractivity contribution in [1.29, 1.82) is 0 Å². The summed E-state index contributed by atoms with van der Waals surface area (Å²) in [5, 5.41) is 9.42. The van der Waals surface area contributed by atoms with Gasteiger partial charge >= 0.3 is 0 Å². The molecule has 0 amide bonds. The van der Waals surface area contributed by atoms with Crippen LogP contribution in [0.4, 0.5) is 0 Å². The zero-order chi connectivity index (χ0) is 34.2. The number of benzene rings is 8.